The first-order chi connectivity index (χ1) is 13.4. The molecule has 0 bridgehead atoms. The second kappa shape index (κ2) is 10.6. The lowest BCUT2D eigenvalue weighted by atomic mass is 10.1. The molecule has 2 aromatic carbocycles. The van der Waals surface area contributed by atoms with Crippen LogP contribution in [0, 0.1) is 12.7 Å². The fourth-order valence-electron chi connectivity index (χ4n) is 2.65. The van der Waals surface area contributed by atoms with Gasteiger partial charge < -0.3 is 20.1 Å². The highest BCUT2D eigenvalue weighted by atomic mass is 19.3. The molecule has 0 aliphatic rings. The van der Waals surface area contributed by atoms with Crippen LogP contribution in [0.25, 0.3) is 0 Å². The zero-order chi connectivity index (χ0) is 20.5. The number of guanidine groups is 1. The SMILES string of the molecule is CN=C(NCc1ccc(F)c(COC)c1)NCc1cc(C)ccc1OC(F)F. The van der Waals surface area contributed by atoms with Gasteiger partial charge in [-0.3, -0.25) is 4.99 Å². The lowest BCUT2D eigenvalue weighted by Crippen LogP contribution is -2.36. The highest BCUT2D eigenvalue weighted by Crippen LogP contribution is 2.22. The van der Waals surface area contributed by atoms with Gasteiger partial charge in [0.1, 0.15) is 11.6 Å². The molecular formula is C20H24F3N3O2. The second-order valence-electron chi connectivity index (χ2n) is 6.13. The Kier molecular flexibility index (Phi) is 8.13. The third kappa shape index (κ3) is 6.45. The summed E-state index contributed by atoms with van der Waals surface area (Å²) in [6, 6.07) is 9.78. The van der Waals surface area contributed by atoms with Gasteiger partial charge in [-0.25, -0.2) is 4.39 Å². The Bertz CT molecular complexity index is 813. The largest absolute Gasteiger partial charge is 0.434 e. The first kappa shape index (κ1) is 21.6. The summed E-state index contributed by atoms with van der Waals surface area (Å²) in [5.41, 5.74) is 2.85. The van der Waals surface area contributed by atoms with E-state index in [4.69, 9.17) is 4.74 Å². The summed E-state index contributed by atoms with van der Waals surface area (Å²) in [4.78, 5) is 4.11. The van der Waals surface area contributed by atoms with Crippen molar-refractivity contribution in [3.8, 4) is 5.75 Å². The van der Waals surface area contributed by atoms with Crippen molar-refractivity contribution < 1.29 is 22.6 Å². The van der Waals surface area contributed by atoms with E-state index in [1.807, 2.05) is 6.92 Å². The van der Waals surface area contributed by atoms with Gasteiger partial charge >= 0.3 is 6.61 Å². The van der Waals surface area contributed by atoms with Gasteiger partial charge in [-0.2, -0.15) is 8.78 Å². The molecule has 152 valence electrons. The first-order valence-electron chi connectivity index (χ1n) is 8.68. The van der Waals surface area contributed by atoms with Gasteiger partial charge in [0.15, 0.2) is 5.96 Å². The van der Waals surface area contributed by atoms with Gasteiger partial charge in [-0.05, 0) is 30.7 Å². The number of rotatable bonds is 8. The van der Waals surface area contributed by atoms with Crippen molar-refractivity contribution in [3.05, 3.63) is 64.5 Å². The molecule has 0 atom stereocenters. The van der Waals surface area contributed by atoms with E-state index >= 15 is 0 Å². The minimum Gasteiger partial charge on any atom is -0.434 e. The molecule has 2 N–H and O–H groups in total. The average Bonchev–Trinajstić information content (AvgIpc) is 2.66. The number of aliphatic imine (C=N–C) groups is 1. The lowest BCUT2D eigenvalue weighted by molar-refractivity contribution is -0.0504. The number of halogens is 3. The summed E-state index contributed by atoms with van der Waals surface area (Å²) >= 11 is 0. The highest BCUT2D eigenvalue weighted by Gasteiger charge is 2.11. The number of hydrogen-bond acceptors (Lipinski definition) is 3. The second-order valence-corrected chi connectivity index (χ2v) is 6.13. The van der Waals surface area contributed by atoms with E-state index in [2.05, 4.69) is 20.4 Å². The molecular weight excluding hydrogens is 371 g/mol. The quantitative estimate of drug-likeness (QED) is 0.528. The number of methoxy groups -OCH3 is 1. The average molecular weight is 395 g/mol. The van der Waals surface area contributed by atoms with E-state index in [0.29, 0.717) is 23.6 Å². The maximum atomic E-state index is 13.7. The molecule has 0 saturated heterocycles. The van der Waals surface area contributed by atoms with Crippen molar-refractivity contribution in [2.45, 2.75) is 33.2 Å². The molecule has 0 spiro atoms. The third-order valence-corrected chi connectivity index (χ3v) is 3.97. The fraction of sp³-hybridized carbons (Fsp3) is 0.350. The van der Waals surface area contributed by atoms with Crippen LogP contribution in [0.15, 0.2) is 41.4 Å². The van der Waals surface area contributed by atoms with Crippen molar-refractivity contribution in [3.63, 3.8) is 0 Å². The molecule has 0 fully saturated rings. The topological polar surface area (TPSA) is 54.9 Å². The van der Waals surface area contributed by atoms with Crippen molar-refractivity contribution in [1.82, 2.24) is 10.6 Å². The number of benzene rings is 2. The Morgan fingerprint density at radius 1 is 1.07 bits per heavy atom. The van der Waals surface area contributed by atoms with Crippen LogP contribution in [0.4, 0.5) is 13.2 Å². The van der Waals surface area contributed by atoms with Crippen LogP contribution in [0.2, 0.25) is 0 Å². The molecule has 8 heteroatoms. The Balaban J connectivity index is 1.99. The van der Waals surface area contributed by atoms with Gasteiger partial charge in [0.2, 0.25) is 0 Å². The van der Waals surface area contributed by atoms with E-state index in [-0.39, 0.29) is 24.7 Å². The number of nitrogens with one attached hydrogen (secondary N) is 2. The summed E-state index contributed by atoms with van der Waals surface area (Å²) in [6.45, 7) is -0.173. The minimum absolute atomic E-state index is 0.117. The van der Waals surface area contributed by atoms with Gasteiger partial charge in [0.05, 0.1) is 6.61 Å². The molecule has 0 saturated carbocycles. The highest BCUT2D eigenvalue weighted by molar-refractivity contribution is 5.79. The third-order valence-electron chi connectivity index (χ3n) is 3.97. The number of alkyl halides is 2. The van der Waals surface area contributed by atoms with Crippen LogP contribution in [0.3, 0.4) is 0 Å². The summed E-state index contributed by atoms with van der Waals surface area (Å²) < 4.78 is 48.4. The Morgan fingerprint density at radius 3 is 2.50 bits per heavy atom. The standard InChI is InChI=1S/C20H24F3N3O2/c1-13-4-7-18(28-19(22)23)15(8-13)11-26-20(24-2)25-10-14-5-6-17(21)16(9-14)12-27-3/h4-9,19H,10-12H2,1-3H3,(H2,24,25,26). The van der Waals surface area contributed by atoms with Crippen LogP contribution in [0.1, 0.15) is 22.3 Å². The van der Waals surface area contributed by atoms with Crippen molar-refractivity contribution >= 4 is 5.96 Å². The van der Waals surface area contributed by atoms with Crippen LogP contribution < -0.4 is 15.4 Å². The molecule has 28 heavy (non-hydrogen) atoms. The Hall–Kier alpha value is -2.74. The van der Waals surface area contributed by atoms with Crippen LogP contribution in [0.5, 0.6) is 5.75 Å². The number of nitrogens with zero attached hydrogens (tertiary/aromatic N) is 1. The minimum atomic E-state index is -2.89. The molecule has 2 rings (SSSR count). The van der Waals surface area contributed by atoms with Gasteiger partial charge in [-0.1, -0.05) is 23.8 Å². The zero-order valence-electron chi connectivity index (χ0n) is 16.1. The van der Waals surface area contributed by atoms with E-state index < -0.39 is 6.61 Å². The molecule has 0 radical (unpaired) electrons. The smallest absolute Gasteiger partial charge is 0.387 e. The molecule has 2 aromatic rings. The fourth-order valence-corrected chi connectivity index (χ4v) is 2.65. The molecule has 0 heterocycles. The Morgan fingerprint density at radius 2 is 1.82 bits per heavy atom. The van der Waals surface area contributed by atoms with Crippen molar-refractivity contribution in [2.75, 3.05) is 14.2 Å². The number of hydrogen-bond donors (Lipinski definition) is 2. The van der Waals surface area contributed by atoms with Gasteiger partial charge in [0, 0.05) is 38.4 Å². The summed E-state index contributed by atoms with van der Waals surface area (Å²) in [7, 11) is 3.11. The van der Waals surface area contributed by atoms with Gasteiger partial charge in [-0.15, -0.1) is 0 Å². The predicted octanol–water partition coefficient (Wildman–Crippen LogP) is 3.75. The maximum Gasteiger partial charge on any atom is 0.387 e. The van der Waals surface area contributed by atoms with Crippen molar-refractivity contribution in [1.29, 1.82) is 0 Å². The zero-order valence-corrected chi connectivity index (χ0v) is 16.1. The summed E-state index contributed by atoms with van der Waals surface area (Å²) in [6.07, 6.45) is 0. The van der Waals surface area contributed by atoms with E-state index in [1.165, 1.54) is 19.2 Å². The molecule has 0 aliphatic carbocycles. The predicted molar refractivity (Wildman–Crippen MR) is 102 cm³/mol. The molecule has 0 aromatic heterocycles. The van der Waals surface area contributed by atoms with Crippen LogP contribution >= 0.6 is 0 Å². The van der Waals surface area contributed by atoms with E-state index in [1.54, 1.807) is 31.3 Å². The monoisotopic (exact) mass is 395 g/mol. The van der Waals surface area contributed by atoms with Crippen molar-refractivity contribution in [2.24, 2.45) is 4.99 Å². The molecule has 0 unspecified atom stereocenters. The normalized spacial score (nSPS) is 11.6. The first-order valence-corrected chi connectivity index (χ1v) is 8.68. The maximum absolute atomic E-state index is 13.7. The summed E-state index contributed by atoms with van der Waals surface area (Å²) in [5.74, 6) is 0.271. The van der Waals surface area contributed by atoms with Crippen LogP contribution in [-0.2, 0) is 24.4 Å². The van der Waals surface area contributed by atoms with Crippen LogP contribution in [-0.4, -0.2) is 26.7 Å². The summed E-state index contributed by atoms with van der Waals surface area (Å²) in [5, 5.41) is 6.17. The molecule has 0 amide bonds. The number of ether oxygens (including phenoxy) is 2. The van der Waals surface area contributed by atoms with Gasteiger partial charge in [0.25, 0.3) is 0 Å². The molecule has 5 nitrogen and oxygen atoms in total. The number of aryl methyl sites for hydroxylation is 1. The van der Waals surface area contributed by atoms with E-state index in [9.17, 15) is 13.2 Å². The molecule has 0 aliphatic heterocycles. The van der Waals surface area contributed by atoms with E-state index in [0.717, 1.165) is 11.1 Å². The lowest BCUT2D eigenvalue weighted by Gasteiger charge is -2.15. The Labute approximate surface area is 162 Å².